The van der Waals surface area contributed by atoms with Crippen molar-refractivity contribution in [3.05, 3.63) is 34.3 Å². The summed E-state index contributed by atoms with van der Waals surface area (Å²) < 4.78 is 1.000. The number of imide groups is 1. The van der Waals surface area contributed by atoms with Crippen molar-refractivity contribution >= 4 is 27.9 Å². The summed E-state index contributed by atoms with van der Waals surface area (Å²) in [5.74, 6) is -0.443. The van der Waals surface area contributed by atoms with Gasteiger partial charge in [-0.3, -0.25) is 10.1 Å². The molecule has 0 aromatic heterocycles. The number of nitrogens with one attached hydrogen (secondary N) is 2. The first kappa shape index (κ1) is 13.7. The fourth-order valence-electron chi connectivity index (χ4n) is 1.30. The smallest absolute Gasteiger partial charge is 0.318 e. The zero-order valence-electron chi connectivity index (χ0n) is 9.37. The second kappa shape index (κ2) is 6.36. The summed E-state index contributed by atoms with van der Waals surface area (Å²) in [6.45, 7) is 1.97. The van der Waals surface area contributed by atoms with Gasteiger partial charge in [-0.25, -0.2) is 4.79 Å². The highest BCUT2D eigenvalue weighted by atomic mass is 79.9. The number of carbonyl (C=O) groups is 2. The van der Waals surface area contributed by atoms with Crippen LogP contribution in [0.1, 0.15) is 18.5 Å². The fraction of sp³-hybridized carbons (Fsp3) is 0.273. The van der Waals surface area contributed by atoms with E-state index in [2.05, 4.69) is 21.2 Å². The Kier molecular flexibility index (Phi) is 5.11. The van der Waals surface area contributed by atoms with Crippen molar-refractivity contribution in [3.8, 4) is 0 Å². The summed E-state index contributed by atoms with van der Waals surface area (Å²) in [4.78, 5) is 21.6. The molecule has 0 aliphatic carbocycles. The highest BCUT2D eigenvalue weighted by Crippen LogP contribution is 2.16. The van der Waals surface area contributed by atoms with Gasteiger partial charge >= 0.3 is 6.03 Å². The first-order valence-electron chi connectivity index (χ1n) is 5.07. The molecule has 1 rings (SSSR count). The Morgan fingerprint density at radius 1 is 1.35 bits per heavy atom. The molecule has 0 saturated heterocycles. The monoisotopic (exact) mass is 299 g/mol. The fourth-order valence-corrected chi connectivity index (χ4v) is 1.56. The van der Waals surface area contributed by atoms with Crippen molar-refractivity contribution in [1.82, 2.24) is 10.6 Å². The molecule has 5 nitrogen and oxygen atoms in total. The molecule has 0 aliphatic heterocycles. The molecule has 0 unspecified atom stereocenters. The molecule has 0 fully saturated rings. The Morgan fingerprint density at radius 3 is 2.47 bits per heavy atom. The lowest BCUT2D eigenvalue weighted by Gasteiger charge is -2.13. The Balaban J connectivity index is 2.44. The number of hydrogen-bond acceptors (Lipinski definition) is 3. The number of nitrogens with two attached hydrogens (primary N) is 1. The third-order valence-electron chi connectivity index (χ3n) is 2.20. The van der Waals surface area contributed by atoms with Crippen molar-refractivity contribution in [1.29, 1.82) is 0 Å². The average Bonchev–Trinajstić information content (AvgIpc) is 2.26. The summed E-state index contributed by atoms with van der Waals surface area (Å²) in [5.41, 5.74) is 5.88. The molecule has 1 aromatic carbocycles. The van der Waals surface area contributed by atoms with Gasteiger partial charge in [0.05, 0.1) is 6.54 Å². The number of amides is 3. The van der Waals surface area contributed by atoms with Crippen LogP contribution in [0.4, 0.5) is 4.79 Å². The Labute approximate surface area is 108 Å². The SMILES string of the molecule is C[C@@H](NCC(=O)NC(N)=O)c1ccc(Br)cc1. The molecule has 1 aromatic rings. The van der Waals surface area contributed by atoms with Gasteiger partial charge in [0.25, 0.3) is 0 Å². The number of rotatable bonds is 4. The second-order valence-electron chi connectivity index (χ2n) is 3.57. The maximum Gasteiger partial charge on any atom is 0.318 e. The summed E-state index contributed by atoms with van der Waals surface area (Å²) in [6.07, 6.45) is 0. The van der Waals surface area contributed by atoms with Crippen LogP contribution in [0.25, 0.3) is 0 Å². The lowest BCUT2D eigenvalue weighted by atomic mass is 10.1. The minimum atomic E-state index is -0.840. The second-order valence-corrected chi connectivity index (χ2v) is 4.48. The van der Waals surface area contributed by atoms with E-state index in [0.717, 1.165) is 10.0 Å². The number of benzene rings is 1. The van der Waals surface area contributed by atoms with Crippen LogP contribution >= 0.6 is 15.9 Å². The lowest BCUT2D eigenvalue weighted by Crippen LogP contribution is -2.41. The van der Waals surface area contributed by atoms with E-state index < -0.39 is 11.9 Å². The van der Waals surface area contributed by atoms with E-state index in [1.165, 1.54) is 0 Å². The maximum absolute atomic E-state index is 11.2. The number of carbonyl (C=O) groups excluding carboxylic acids is 2. The van der Waals surface area contributed by atoms with Crippen molar-refractivity contribution in [3.63, 3.8) is 0 Å². The predicted octanol–water partition coefficient (Wildman–Crippen LogP) is 1.29. The third kappa shape index (κ3) is 4.97. The van der Waals surface area contributed by atoms with Crippen molar-refractivity contribution < 1.29 is 9.59 Å². The van der Waals surface area contributed by atoms with Crippen molar-refractivity contribution in [2.45, 2.75) is 13.0 Å². The number of primary amides is 1. The molecule has 6 heteroatoms. The molecule has 0 aliphatic rings. The van der Waals surface area contributed by atoms with Gasteiger partial charge in [0, 0.05) is 10.5 Å². The van der Waals surface area contributed by atoms with Gasteiger partial charge in [0.1, 0.15) is 0 Å². The average molecular weight is 300 g/mol. The highest BCUT2D eigenvalue weighted by molar-refractivity contribution is 9.10. The van der Waals surface area contributed by atoms with Crippen LogP contribution in [-0.4, -0.2) is 18.5 Å². The summed E-state index contributed by atoms with van der Waals surface area (Å²) in [6, 6.07) is 6.94. The van der Waals surface area contributed by atoms with E-state index in [-0.39, 0.29) is 12.6 Å². The van der Waals surface area contributed by atoms with Gasteiger partial charge in [-0.1, -0.05) is 28.1 Å². The summed E-state index contributed by atoms with van der Waals surface area (Å²) in [5, 5.41) is 4.98. The lowest BCUT2D eigenvalue weighted by molar-refractivity contribution is -0.119. The molecule has 0 spiro atoms. The molecule has 0 radical (unpaired) electrons. The minimum absolute atomic E-state index is 0.0155. The van der Waals surface area contributed by atoms with Crippen molar-refractivity contribution in [2.75, 3.05) is 6.54 Å². The normalized spacial score (nSPS) is 11.9. The van der Waals surface area contributed by atoms with Gasteiger partial charge < -0.3 is 11.1 Å². The third-order valence-corrected chi connectivity index (χ3v) is 2.73. The standard InChI is InChI=1S/C11H14BrN3O2/c1-7(8-2-4-9(12)5-3-8)14-6-10(16)15-11(13)17/h2-5,7,14H,6H2,1H3,(H3,13,15,16,17)/t7-/m1/s1. The van der Waals surface area contributed by atoms with Crippen LogP contribution in [-0.2, 0) is 4.79 Å². The van der Waals surface area contributed by atoms with Crippen LogP contribution in [0.3, 0.4) is 0 Å². The molecule has 3 amide bonds. The van der Waals surface area contributed by atoms with E-state index in [1.54, 1.807) is 0 Å². The zero-order valence-corrected chi connectivity index (χ0v) is 11.0. The van der Waals surface area contributed by atoms with E-state index in [0.29, 0.717) is 0 Å². The Morgan fingerprint density at radius 2 is 1.94 bits per heavy atom. The molecule has 1 atom stereocenters. The van der Waals surface area contributed by atoms with Gasteiger partial charge in [-0.05, 0) is 24.6 Å². The van der Waals surface area contributed by atoms with Crippen LogP contribution in [0.5, 0.6) is 0 Å². The predicted molar refractivity (Wildman–Crippen MR) is 68.3 cm³/mol. The number of hydrogen-bond donors (Lipinski definition) is 3. The topological polar surface area (TPSA) is 84.2 Å². The van der Waals surface area contributed by atoms with Crippen molar-refractivity contribution in [2.24, 2.45) is 5.73 Å². The largest absolute Gasteiger partial charge is 0.351 e. The van der Waals surface area contributed by atoms with Gasteiger partial charge in [0.2, 0.25) is 5.91 Å². The molecule has 0 heterocycles. The van der Waals surface area contributed by atoms with Crippen LogP contribution in [0.2, 0.25) is 0 Å². The van der Waals surface area contributed by atoms with E-state index in [4.69, 9.17) is 5.73 Å². The van der Waals surface area contributed by atoms with Crippen LogP contribution < -0.4 is 16.4 Å². The maximum atomic E-state index is 11.2. The van der Waals surface area contributed by atoms with Gasteiger partial charge in [-0.2, -0.15) is 0 Å². The molecule has 0 bridgehead atoms. The first-order valence-corrected chi connectivity index (χ1v) is 5.86. The highest BCUT2D eigenvalue weighted by Gasteiger charge is 2.08. The molecule has 0 saturated carbocycles. The van der Waals surface area contributed by atoms with E-state index in [1.807, 2.05) is 36.5 Å². The Hall–Kier alpha value is -1.40. The number of urea groups is 1. The minimum Gasteiger partial charge on any atom is -0.351 e. The molecular formula is C11H14BrN3O2. The zero-order chi connectivity index (χ0) is 12.8. The number of halogens is 1. The van der Waals surface area contributed by atoms with Crippen LogP contribution in [0, 0.1) is 0 Å². The summed E-state index contributed by atoms with van der Waals surface area (Å²) in [7, 11) is 0. The summed E-state index contributed by atoms with van der Waals surface area (Å²) >= 11 is 3.35. The Bertz CT molecular complexity index is 406. The van der Waals surface area contributed by atoms with Crippen LogP contribution in [0.15, 0.2) is 28.7 Å². The van der Waals surface area contributed by atoms with E-state index in [9.17, 15) is 9.59 Å². The quantitative estimate of drug-likeness (QED) is 0.783. The van der Waals surface area contributed by atoms with Gasteiger partial charge in [0.15, 0.2) is 0 Å². The van der Waals surface area contributed by atoms with E-state index >= 15 is 0 Å². The first-order chi connectivity index (χ1) is 7.99. The van der Waals surface area contributed by atoms with Gasteiger partial charge in [-0.15, -0.1) is 0 Å². The molecule has 17 heavy (non-hydrogen) atoms. The molecule has 92 valence electrons. The molecular weight excluding hydrogens is 286 g/mol. The molecule has 4 N–H and O–H groups in total.